The smallest absolute Gasteiger partial charge is 0.251 e. The monoisotopic (exact) mass is 230 g/mol. The molecule has 0 radical (unpaired) electrons. The van der Waals surface area contributed by atoms with Gasteiger partial charge in [-0.15, -0.1) is 0 Å². The second-order valence-corrected chi connectivity index (χ2v) is 5.51. The van der Waals surface area contributed by atoms with Crippen LogP contribution in [0.5, 0.6) is 0 Å². The van der Waals surface area contributed by atoms with Gasteiger partial charge in [0.15, 0.2) is 0 Å². The van der Waals surface area contributed by atoms with Crippen molar-refractivity contribution in [3.8, 4) is 0 Å². The Balaban J connectivity index is 1.93. The van der Waals surface area contributed by atoms with E-state index in [-0.39, 0.29) is 11.8 Å². The molecule has 17 heavy (non-hydrogen) atoms. The zero-order valence-corrected chi connectivity index (χ0v) is 10.6. The fraction of sp³-hybridized carbons (Fsp3) is 0.571. The van der Waals surface area contributed by atoms with Crippen molar-refractivity contribution in [1.29, 1.82) is 0 Å². The minimum absolute atomic E-state index is 0.128. The molecule has 3 heteroatoms. The number of hydrogen-bond donors (Lipinski definition) is 0. The summed E-state index contributed by atoms with van der Waals surface area (Å²) in [7, 11) is 0. The van der Waals surface area contributed by atoms with Crippen LogP contribution < -0.4 is 0 Å². The summed E-state index contributed by atoms with van der Waals surface area (Å²) in [5.74, 6) is 1.81. The molecule has 1 fully saturated rings. The molecule has 4 atom stereocenters. The molecule has 1 heterocycles. The molecule has 3 unspecified atom stereocenters. The summed E-state index contributed by atoms with van der Waals surface area (Å²) in [5, 5.41) is 4.32. The SMILES string of the molecule is Cc1cc(C)n(C(=O)C2C3C=CC(C3)[C@H]2C)n1. The van der Waals surface area contributed by atoms with Gasteiger partial charge in [-0.05, 0) is 44.1 Å². The van der Waals surface area contributed by atoms with E-state index >= 15 is 0 Å². The third-order valence-electron chi connectivity index (χ3n) is 4.36. The molecule has 0 aromatic carbocycles. The summed E-state index contributed by atoms with van der Waals surface area (Å²) in [4.78, 5) is 12.5. The minimum atomic E-state index is 0.128. The highest BCUT2D eigenvalue weighted by molar-refractivity contribution is 5.82. The number of nitrogens with zero attached hydrogens (tertiary/aromatic N) is 2. The molecule has 1 aromatic heterocycles. The van der Waals surface area contributed by atoms with Gasteiger partial charge in [0, 0.05) is 11.6 Å². The molecule has 2 aliphatic rings. The third-order valence-corrected chi connectivity index (χ3v) is 4.36. The fourth-order valence-corrected chi connectivity index (χ4v) is 3.47. The highest BCUT2D eigenvalue weighted by Gasteiger charge is 2.46. The van der Waals surface area contributed by atoms with Crippen LogP contribution >= 0.6 is 0 Å². The van der Waals surface area contributed by atoms with Crippen LogP contribution in [0.1, 0.15) is 29.5 Å². The highest BCUT2D eigenvalue weighted by Crippen LogP contribution is 2.48. The molecule has 0 N–H and O–H groups in total. The van der Waals surface area contributed by atoms with Crippen molar-refractivity contribution in [3.63, 3.8) is 0 Å². The first-order valence-corrected chi connectivity index (χ1v) is 6.33. The van der Waals surface area contributed by atoms with Gasteiger partial charge < -0.3 is 0 Å². The van der Waals surface area contributed by atoms with Crippen LogP contribution in [0.4, 0.5) is 0 Å². The lowest BCUT2D eigenvalue weighted by molar-refractivity contribution is 0.0756. The van der Waals surface area contributed by atoms with Gasteiger partial charge in [0.25, 0.3) is 5.91 Å². The van der Waals surface area contributed by atoms with Crippen LogP contribution in [-0.2, 0) is 0 Å². The molecule has 0 spiro atoms. The average molecular weight is 230 g/mol. The van der Waals surface area contributed by atoms with Crippen LogP contribution in [0.3, 0.4) is 0 Å². The maximum Gasteiger partial charge on any atom is 0.251 e. The van der Waals surface area contributed by atoms with Crippen molar-refractivity contribution < 1.29 is 4.79 Å². The van der Waals surface area contributed by atoms with E-state index in [1.54, 1.807) is 4.68 Å². The van der Waals surface area contributed by atoms with Crippen LogP contribution in [-0.4, -0.2) is 15.7 Å². The summed E-state index contributed by atoms with van der Waals surface area (Å²) >= 11 is 0. The lowest BCUT2D eigenvalue weighted by Crippen LogP contribution is -2.31. The van der Waals surface area contributed by atoms with E-state index in [0.29, 0.717) is 17.8 Å². The number of hydrogen-bond acceptors (Lipinski definition) is 2. The molecule has 90 valence electrons. The second kappa shape index (κ2) is 3.56. The number of rotatable bonds is 1. The first kappa shape index (κ1) is 10.8. The maximum absolute atomic E-state index is 12.5. The van der Waals surface area contributed by atoms with E-state index in [2.05, 4.69) is 24.2 Å². The molecule has 2 bridgehead atoms. The van der Waals surface area contributed by atoms with Crippen molar-refractivity contribution in [3.05, 3.63) is 29.6 Å². The van der Waals surface area contributed by atoms with Gasteiger partial charge in [-0.25, -0.2) is 4.68 Å². The van der Waals surface area contributed by atoms with E-state index in [1.807, 2.05) is 19.9 Å². The molecule has 3 rings (SSSR count). The average Bonchev–Trinajstić information content (AvgIpc) is 2.92. The summed E-state index contributed by atoms with van der Waals surface area (Å²) in [6, 6.07) is 1.96. The molecule has 2 aliphatic carbocycles. The van der Waals surface area contributed by atoms with Crippen LogP contribution in [0.15, 0.2) is 18.2 Å². The lowest BCUT2D eigenvalue weighted by atomic mass is 9.84. The topological polar surface area (TPSA) is 34.9 Å². The summed E-state index contributed by atoms with van der Waals surface area (Å²) in [5.41, 5.74) is 1.87. The number of carbonyl (C=O) groups is 1. The van der Waals surface area contributed by atoms with Crippen molar-refractivity contribution in [1.82, 2.24) is 9.78 Å². The quantitative estimate of drug-likeness (QED) is 0.695. The van der Waals surface area contributed by atoms with Gasteiger partial charge in [0.2, 0.25) is 0 Å². The predicted molar refractivity (Wildman–Crippen MR) is 65.7 cm³/mol. The number of aryl methyl sites for hydroxylation is 2. The fourth-order valence-electron chi connectivity index (χ4n) is 3.47. The lowest BCUT2D eigenvalue weighted by Gasteiger charge is -2.23. The Hall–Kier alpha value is -1.38. The number of allylic oxidation sites excluding steroid dienone is 2. The molecule has 1 aromatic rings. The van der Waals surface area contributed by atoms with Gasteiger partial charge in [0.05, 0.1) is 5.69 Å². The van der Waals surface area contributed by atoms with Gasteiger partial charge in [0.1, 0.15) is 0 Å². The van der Waals surface area contributed by atoms with Crippen LogP contribution in [0, 0.1) is 37.5 Å². The van der Waals surface area contributed by atoms with Crippen LogP contribution in [0.2, 0.25) is 0 Å². The Bertz CT molecular complexity index is 500. The van der Waals surface area contributed by atoms with Crippen LogP contribution in [0.25, 0.3) is 0 Å². The van der Waals surface area contributed by atoms with Gasteiger partial charge in [-0.1, -0.05) is 19.1 Å². The van der Waals surface area contributed by atoms with Crippen molar-refractivity contribution in [2.45, 2.75) is 27.2 Å². The normalized spacial score (nSPS) is 34.5. The molecular weight excluding hydrogens is 212 g/mol. The second-order valence-electron chi connectivity index (χ2n) is 5.51. The van der Waals surface area contributed by atoms with Crippen molar-refractivity contribution >= 4 is 5.91 Å². The summed E-state index contributed by atoms with van der Waals surface area (Å²) in [6.45, 7) is 6.08. The standard InChI is InChI=1S/C14H18N2O/c1-8-6-9(2)16(15-8)14(17)13-10(3)11-4-5-12(13)7-11/h4-6,10-13H,7H2,1-3H3/t10-,11?,12?,13?/m1/s1. The first-order chi connectivity index (χ1) is 8.08. The Morgan fingerprint density at radius 2 is 2.06 bits per heavy atom. The molecule has 0 saturated heterocycles. The van der Waals surface area contributed by atoms with E-state index in [1.165, 1.54) is 0 Å². The number of fused-ring (bicyclic) bond motifs is 2. The Morgan fingerprint density at radius 1 is 1.35 bits per heavy atom. The predicted octanol–water partition coefficient (Wildman–Crippen LogP) is 2.60. The Morgan fingerprint density at radius 3 is 2.59 bits per heavy atom. The molecule has 0 amide bonds. The Labute approximate surface area is 102 Å². The van der Waals surface area contributed by atoms with E-state index in [0.717, 1.165) is 17.8 Å². The number of carbonyl (C=O) groups excluding carboxylic acids is 1. The van der Waals surface area contributed by atoms with Gasteiger partial charge in [-0.2, -0.15) is 5.10 Å². The third kappa shape index (κ3) is 1.48. The van der Waals surface area contributed by atoms with Gasteiger partial charge >= 0.3 is 0 Å². The maximum atomic E-state index is 12.5. The summed E-state index contributed by atoms with van der Waals surface area (Å²) in [6.07, 6.45) is 5.65. The molecule has 3 nitrogen and oxygen atoms in total. The first-order valence-electron chi connectivity index (χ1n) is 6.33. The molecule has 0 aliphatic heterocycles. The largest absolute Gasteiger partial charge is 0.272 e. The van der Waals surface area contributed by atoms with E-state index < -0.39 is 0 Å². The van der Waals surface area contributed by atoms with Gasteiger partial charge in [-0.3, -0.25) is 4.79 Å². The van der Waals surface area contributed by atoms with Crippen molar-refractivity contribution in [2.75, 3.05) is 0 Å². The molecular formula is C14H18N2O. The number of aromatic nitrogens is 2. The zero-order valence-electron chi connectivity index (χ0n) is 10.6. The molecule has 1 saturated carbocycles. The van der Waals surface area contributed by atoms with Crippen molar-refractivity contribution in [2.24, 2.45) is 23.7 Å². The summed E-state index contributed by atoms with van der Waals surface area (Å²) < 4.78 is 1.60. The van der Waals surface area contributed by atoms with E-state index in [9.17, 15) is 4.79 Å². The van der Waals surface area contributed by atoms with E-state index in [4.69, 9.17) is 0 Å². The zero-order chi connectivity index (χ0) is 12.2. The highest BCUT2D eigenvalue weighted by atomic mass is 16.2. The Kier molecular flexibility index (Phi) is 2.25. The minimum Gasteiger partial charge on any atom is -0.272 e.